The molecule has 3 nitrogen and oxygen atoms in total. The second-order valence-electron chi connectivity index (χ2n) is 3.33. The molecule has 2 atom stereocenters. The molecule has 0 amide bonds. The second kappa shape index (κ2) is 3.80. The van der Waals surface area contributed by atoms with Crippen molar-refractivity contribution in [3.63, 3.8) is 0 Å². The number of ether oxygens (including phenoxy) is 1. The van der Waals surface area contributed by atoms with E-state index in [0.29, 0.717) is 19.4 Å². The van der Waals surface area contributed by atoms with Gasteiger partial charge in [-0.2, -0.15) is 0 Å². The molecular weight excluding hydrogens is 168 g/mol. The predicted octanol–water partition coefficient (Wildman–Crippen LogP) is 1.28. The van der Waals surface area contributed by atoms with E-state index in [9.17, 15) is 4.79 Å². The van der Waals surface area contributed by atoms with Crippen LogP contribution in [0.1, 0.15) is 26.7 Å². The maximum absolute atomic E-state index is 11.1. The quantitative estimate of drug-likeness (QED) is 0.654. The third kappa shape index (κ3) is 1.68. The van der Waals surface area contributed by atoms with Crippen molar-refractivity contribution in [3.8, 4) is 11.8 Å². The summed E-state index contributed by atoms with van der Waals surface area (Å²) < 4.78 is 5.28. The van der Waals surface area contributed by atoms with Gasteiger partial charge in [0.15, 0.2) is 0 Å². The van der Waals surface area contributed by atoms with Gasteiger partial charge in [0.2, 0.25) is 0 Å². The lowest BCUT2D eigenvalue weighted by Gasteiger charge is -2.24. The van der Waals surface area contributed by atoms with Gasteiger partial charge in [0.25, 0.3) is 0 Å². The molecule has 1 rings (SSSR count). The van der Waals surface area contributed by atoms with Gasteiger partial charge in [0.1, 0.15) is 5.41 Å². The molecule has 1 aliphatic rings. The van der Waals surface area contributed by atoms with Crippen LogP contribution in [0, 0.1) is 17.3 Å². The van der Waals surface area contributed by atoms with Crippen LogP contribution in [0.3, 0.4) is 0 Å². The molecule has 1 fully saturated rings. The monoisotopic (exact) mass is 182 g/mol. The van der Waals surface area contributed by atoms with E-state index in [2.05, 4.69) is 11.8 Å². The Bertz CT molecular complexity index is 261. The van der Waals surface area contributed by atoms with Crippen LogP contribution in [0.25, 0.3) is 0 Å². The fourth-order valence-electron chi connectivity index (χ4n) is 1.62. The van der Waals surface area contributed by atoms with Gasteiger partial charge in [-0.15, -0.1) is 11.8 Å². The zero-order valence-corrected chi connectivity index (χ0v) is 7.96. The number of aliphatic carboxylic acids is 1. The normalized spacial score (nSPS) is 32.3. The van der Waals surface area contributed by atoms with Crippen molar-refractivity contribution >= 4 is 5.97 Å². The lowest BCUT2D eigenvalue weighted by Crippen LogP contribution is -2.37. The summed E-state index contributed by atoms with van der Waals surface area (Å²) in [5.41, 5.74) is -0.775. The van der Waals surface area contributed by atoms with Gasteiger partial charge >= 0.3 is 5.97 Å². The summed E-state index contributed by atoms with van der Waals surface area (Å²) in [7, 11) is 0. The number of carbonyl (C=O) groups is 1. The molecule has 0 aromatic rings. The minimum Gasteiger partial charge on any atom is -0.481 e. The fourth-order valence-corrected chi connectivity index (χ4v) is 1.62. The molecule has 0 aliphatic carbocycles. The SMILES string of the molecule is CC#CCC1(C(=O)O)CCOC1C. The second-order valence-corrected chi connectivity index (χ2v) is 3.33. The van der Waals surface area contributed by atoms with Gasteiger partial charge in [-0.25, -0.2) is 0 Å². The van der Waals surface area contributed by atoms with Crippen molar-refractivity contribution in [1.29, 1.82) is 0 Å². The molecule has 2 unspecified atom stereocenters. The van der Waals surface area contributed by atoms with E-state index in [4.69, 9.17) is 9.84 Å². The summed E-state index contributed by atoms with van der Waals surface area (Å²) in [6.45, 7) is 4.05. The average Bonchev–Trinajstić information content (AvgIpc) is 2.45. The predicted molar refractivity (Wildman–Crippen MR) is 48.2 cm³/mol. The van der Waals surface area contributed by atoms with E-state index in [1.807, 2.05) is 0 Å². The Balaban J connectivity index is 2.84. The van der Waals surface area contributed by atoms with Crippen LogP contribution in [0.15, 0.2) is 0 Å². The minimum atomic E-state index is -0.791. The third-order valence-electron chi connectivity index (χ3n) is 2.70. The fraction of sp³-hybridized carbons (Fsp3) is 0.700. The van der Waals surface area contributed by atoms with E-state index in [1.54, 1.807) is 13.8 Å². The largest absolute Gasteiger partial charge is 0.481 e. The molecule has 0 spiro atoms. The molecule has 1 aliphatic heterocycles. The van der Waals surface area contributed by atoms with Crippen molar-refractivity contribution in [2.24, 2.45) is 5.41 Å². The van der Waals surface area contributed by atoms with Gasteiger partial charge in [-0.1, -0.05) is 0 Å². The lowest BCUT2D eigenvalue weighted by atomic mass is 9.79. The standard InChI is InChI=1S/C10H14O3/c1-3-4-5-10(9(11)12)6-7-13-8(10)2/h8H,5-7H2,1-2H3,(H,11,12). The molecule has 0 radical (unpaired) electrons. The van der Waals surface area contributed by atoms with Crippen molar-refractivity contribution in [3.05, 3.63) is 0 Å². The highest BCUT2D eigenvalue weighted by atomic mass is 16.5. The first-order valence-corrected chi connectivity index (χ1v) is 4.38. The zero-order valence-electron chi connectivity index (χ0n) is 7.96. The third-order valence-corrected chi connectivity index (χ3v) is 2.70. The van der Waals surface area contributed by atoms with Crippen LogP contribution in [0.4, 0.5) is 0 Å². The van der Waals surface area contributed by atoms with Crippen LogP contribution in [0.2, 0.25) is 0 Å². The average molecular weight is 182 g/mol. The Labute approximate surface area is 78.1 Å². The Morgan fingerprint density at radius 1 is 1.77 bits per heavy atom. The molecule has 3 heteroatoms. The van der Waals surface area contributed by atoms with E-state index in [0.717, 1.165) is 0 Å². The van der Waals surface area contributed by atoms with Gasteiger partial charge in [-0.3, -0.25) is 4.79 Å². The van der Waals surface area contributed by atoms with E-state index < -0.39 is 11.4 Å². The summed E-state index contributed by atoms with van der Waals surface area (Å²) in [4.78, 5) is 11.1. The molecule has 1 saturated heterocycles. The Hall–Kier alpha value is -1.01. The molecule has 13 heavy (non-hydrogen) atoms. The summed E-state index contributed by atoms with van der Waals surface area (Å²) >= 11 is 0. The molecule has 0 bridgehead atoms. The molecule has 0 saturated carbocycles. The van der Waals surface area contributed by atoms with Crippen LogP contribution < -0.4 is 0 Å². The highest BCUT2D eigenvalue weighted by Crippen LogP contribution is 2.38. The highest BCUT2D eigenvalue weighted by Gasteiger charge is 2.47. The first kappa shape index (κ1) is 10.1. The van der Waals surface area contributed by atoms with Gasteiger partial charge < -0.3 is 9.84 Å². The highest BCUT2D eigenvalue weighted by molar-refractivity contribution is 5.76. The topological polar surface area (TPSA) is 46.5 Å². The number of hydrogen-bond donors (Lipinski definition) is 1. The van der Waals surface area contributed by atoms with Gasteiger partial charge in [-0.05, 0) is 20.3 Å². The molecule has 0 aromatic carbocycles. The number of hydrogen-bond acceptors (Lipinski definition) is 2. The first-order chi connectivity index (χ1) is 6.13. The van der Waals surface area contributed by atoms with E-state index >= 15 is 0 Å². The summed E-state index contributed by atoms with van der Waals surface area (Å²) in [6, 6.07) is 0. The summed E-state index contributed by atoms with van der Waals surface area (Å²) in [5.74, 6) is 4.77. The van der Waals surface area contributed by atoms with Crippen LogP contribution in [0.5, 0.6) is 0 Å². The van der Waals surface area contributed by atoms with E-state index in [-0.39, 0.29) is 6.10 Å². The molecule has 72 valence electrons. The zero-order chi connectivity index (χ0) is 9.90. The maximum atomic E-state index is 11.1. The minimum absolute atomic E-state index is 0.231. The van der Waals surface area contributed by atoms with Crippen molar-refractivity contribution in [2.45, 2.75) is 32.8 Å². The Morgan fingerprint density at radius 2 is 2.46 bits per heavy atom. The van der Waals surface area contributed by atoms with Crippen molar-refractivity contribution in [1.82, 2.24) is 0 Å². The number of rotatable bonds is 2. The van der Waals surface area contributed by atoms with Crippen molar-refractivity contribution in [2.75, 3.05) is 6.61 Å². The number of carboxylic acids is 1. The van der Waals surface area contributed by atoms with Crippen LogP contribution in [-0.4, -0.2) is 23.8 Å². The van der Waals surface area contributed by atoms with Crippen LogP contribution in [-0.2, 0) is 9.53 Å². The Morgan fingerprint density at radius 3 is 2.85 bits per heavy atom. The first-order valence-electron chi connectivity index (χ1n) is 4.38. The number of carboxylic acid groups (broad SMARTS) is 1. The molecule has 0 aromatic heterocycles. The summed E-state index contributed by atoms with van der Waals surface area (Å²) in [5, 5.41) is 9.11. The molecular formula is C10H14O3. The smallest absolute Gasteiger partial charge is 0.313 e. The maximum Gasteiger partial charge on any atom is 0.313 e. The summed E-state index contributed by atoms with van der Waals surface area (Å²) in [6.07, 6.45) is 0.726. The van der Waals surface area contributed by atoms with Gasteiger partial charge in [0, 0.05) is 13.0 Å². The Kier molecular flexibility index (Phi) is 2.94. The molecule has 1 N–H and O–H groups in total. The van der Waals surface area contributed by atoms with Gasteiger partial charge in [0.05, 0.1) is 6.10 Å². The van der Waals surface area contributed by atoms with Crippen molar-refractivity contribution < 1.29 is 14.6 Å². The molecule has 1 heterocycles. The lowest BCUT2D eigenvalue weighted by molar-refractivity contribution is -0.151. The van der Waals surface area contributed by atoms with E-state index in [1.165, 1.54) is 0 Å². The van der Waals surface area contributed by atoms with Crippen LogP contribution >= 0.6 is 0 Å².